The topological polar surface area (TPSA) is 52.1 Å². The van der Waals surface area contributed by atoms with E-state index in [1.807, 2.05) is 0 Å². The van der Waals surface area contributed by atoms with E-state index in [0.29, 0.717) is 6.54 Å². The van der Waals surface area contributed by atoms with Crippen LogP contribution in [0, 0.1) is 0 Å². The van der Waals surface area contributed by atoms with Crippen LogP contribution < -0.4 is 10.6 Å². The van der Waals surface area contributed by atoms with Crippen molar-refractivity contribution < 1.29 is 4.74 Å². The summed E-state index contributed by atoms with van der Waals surface area (Å²) in [6.07, 6.45) is 6.88. The molecule has 31 heavy (non-hydrogen) atoms. The molecule has 6 nitrogen and oxygen atoms in total. The number of halogens is 1. The van der Waals surface area contributed by atoms with Gasteiger partial charge in [0.15, 0.2) is 5.96 Å². The molecule has 2 N–H and O–H groups in total. The summed E-state index contributed by atoms with van der Waals surface area (Å²) in [5.74, 6) is 0.913. The number of aliphatic imine (C=N–C) groups is 1. The molecule has 0 spiro atoms. The van der Waals surface area contributed by atoms with Gasteiger partial charge in [0.1, 0.15) is 0 Å². The molecule has 0 radical (unpaired) electrons. The molecule has 1 aliphatic heterocycles. The summed E-state index contributed by atoms with van der Waals surface area (Å²) in [5.41, 5.74) is 2.68. The molecule has 1 heterocycles. The summed E-state index contributed by atoms with van der Waals surface area (Å²) in [6, 6.07) is 9.45. The van der Waals surface area contributed by atoms with E-state index in [4.69, 9.17) is 9.73 Å². The highest BCUT2D eigenvalue weighted by Gasteiger charge is 2.17. The van der Waals surface area contributed by atoms with Crippen molar-refractivity contribution in [1.82, 2.24) is 20.4 Å². The van der Waals surface area contributed by atoms with Crippen molar-refractivity contribution in [3.8, 4) is 0 Å². The van der Waals surface area contributed by atoms with Crippen molar-refractivity contribution >= 4 is 29.9 Å². The Morgan fingerprint density at radius 2 is 1.81 bits per heavy atom. The molecule has 1 saturated carbocycles. The number of nitrogens with one attached hydrogen (secondary N) is 2. The minimum Gasteiger partial charge on any atom is -0.379 e. The van der Waals surface area contributed by atoms with Crippen LogP contribution in [0.5, 0.6) is 0 Å². The lowest BCUT2D eigenvalue weighted by Gasteiger charge is -2.31. The Labute approximate surface area is 206 Å². The average Bonchev–Trinajstić information content (AvgIpc) is 2.79. The first-order valence-corrected chi connectivity index (χ1v) is 11.9. The van der Waals surface area contributed by atoms with Gasteiger partial charge in [-0.15, -0.1) is 24.0 Å². The van der Waals surface area contributed by atoms with Gasteiger partial charge in [-0.25, -0.2) is 4.99 Å². The van der Waals surface area contributed by atoms with E-state index in [9.17, 15) is 0 Å². The number of ether oxygens (including phenoxy) is 1. The van der Waals surface area contributed by atoms with Crippen molar-refractivity contribution in [2.45, 2.75) is 58.2 Å². The highest BCUT2D eigenvalue weighted by molar-refractivity contribution is 14.0. The standard InChI is InChI=1S/C24H41N5O.HI/c1-3-25-24(26-13-14-28(2)23-11-5-4-6-12-23)27-19-21-9-7-8-10-22(21)20-29-15-17-30-18-16-29;/h7-10,23H,3-6,11-20H2,1-2H3,(H2,25,26,27);1H. The van der Waals surface area contributed by atoms with Crippen LogP contribution in [-0.2, 0) is 17.8 Å². The van der Waals surface area contributed by atoms with Crippen LogP contribution >= 0.6 is 24.0 Å². The second-order valence-corrected chi connectivity index (χ2v) is 8.55. The van der Waals surface area contributed by atoms with Gasteiger partial charge in [0, 0.05) is 45.3 Å². The molecule has 0 amide bonds. The molecular formula is C24H42IN5O. The fourth-order valence-electron chi connectivity index (χ4n) is 4.43. The molecular weight excluding hydrogens is 501 g/mol. The van der Waals surface area contributed by atoms with Gasteiger partial charge in [-0.3, -0.25) is 4.90 Å². The third-order valence-corrected chi connectivity index (χ3v) is 6.32. The molecule has 1 aromatic carbocycles. The van der Waals surface area contributed by atoms with Gasteiger partial charge < -0.3 is 20.3 Å². The zero-order chi connectivity index (χ0) is 21.0. The third kappa shape index (κ3) is 9.24. The van der Waals surface area contributed by atoms with Crippen molar-refractivity contribution in [1.29, 1.82) is 0 Å². The zero-order valence-corrected chi connectivity index (χ0v) is 21.8. The maximum absolute atomic E-state index is 5.48. The number of hydrogen-bond donors (Lipinski definition) is 2. The summed E-state index contributed by atoms with van der Waals surface area (Å²) in [6.45, 7) is 10.4. The number of likely N-dealkylation sites (N-methyl/N-ethyl adjacent to an activating group) is 1. The van der Waals surface area contributed by atoms with E-state index in [1.54, 1.807) is 0 Å². The van der Waals surface area contributed by atoms with Gasteiger partial charge >= 0.3 is 0 Å². The van der Waals surface area contributed by atoms with E-state index in [1.165, 1.54) is 43.2 Å². The minimum atomic E-state index is 0. The predicted molar refractivity (Wildman–Crippen MR) is 140 cm³/mol. The molecule has 3 rings (SSSR count). The second-order valence-electron chi connectivity index (χ2n) is 8.55. The quantitative estimate of drug-likeness (QED) is 0.284. The number of benzene rings is 1. The SMILES string of the molecule is CCNC(=NCc1ccccc1CN1CCOCC1)NCCN(C)C1CCCCC1.I. The van der Waals surface area contributed by atoms with E-state index < -0.39 is 0 Å². The summed E-state index contributed by atoms with van der Waals surface area (Å²) < 4.78 is 5.48. The predicted octanol–water partition coefficient (Wildman–Crippen LogP) is 3.46. The molecule has 0 bridgehead atoms. The van der Waals surface area contributed by atoms with Crippen LogP contribution in [0.1, 0.15) is 50.2 Å². The lowest BCUT2D eigenvalue weighted by atomic mass is 9.94. The van der Waals surface area contributed by atoms with Gasteiger partial charge in [-0.1, -0.05) is 43.5 Å². The maximum Gasteiger partial charge on any atom is 0.191 e. The normalized spacial score (nSPS) is 18.6. The van der Waals surface area contributed by atoms with E-state index in [-0.39, 0.29) is 24.0 Å². The molecule has 7 heteroatoms. The highest BCUT2D eigenvalue weighted by Crippen LogP contribution is 2.21. The molecule has 0 atom stereocenters. The Balaban J connectivity index is 0.00000341. The average molecular weight is 544 g/mol. The van der Waals surface area contributed by atoms with Crippen LogP contribution in [0.2, 0.25) is 0 Å². The summed E-state index contributed by atoms with van der Waals surface area (Å²) in [5, 5.41) is 6.93. The molecule has 2 aliphatic rings. The number of guanidine groups is 1. The molecule has 176 valence electrons. The molecule has 1 aliphatic carbocycles. The van der Waals surface area contributed by atoms with E-state index in [0.717, 1.165) is 64.5 Å². The first-order valence-electron chi connectivity index (χ1n) is 11.9. The Hall–Kier alpha value is -0.900. The number of morpholine rings is 1. The largest absolute Gasteiger partial charge is 0.379 e. The van der Waals surface area contributed by atoms with Gasteiger partial charge in [-0.05, 0) is 37.9 Å². The summed E-state index contributed by atoms with van der Waals surface area (Å²) in [4.78, 5) is 9.87. The van der Waals surface area contributed by atoms with Gasteiger partial charge in [-0.2, -0.15) is 0 Å². The Morgan fingerprint density at radius 3 is 2.52 bits per heavy atom. The van der Waals surface area contributed by atoms with Gasteiger partial charge in [0.05, 0.1) is 19.8 Å². The van der Waals surface area contributed by atoms with Gasteiger partial charge in [0.25, 0.3) is 0 Å². The van der Waals surface area contributed by atoms with Gasteiger partial charge in [0.2, 0.25) is 0 Å². The van der Waals surface area contributed by atoms with E-state index >= 15 is 0 Å². The van der Waals surface area contributed by atoms with Crippen molar-refractivity contribution in [3.05, 3.63) is 35.4 Å². The Morgan fingerprint density at radius 1 is 1.10 bits per heavy atom. The lowest BCUT2D eigenvalue weighted by molar-refractivity contribution is 0.0341. The van der Waals surface area contributed by atoms with Crippen molar-refractivity contribution in [2.24, 2.45) is 4.99 Å². The first-order chi connectivity index (χ1) is 14.8. The van der Waals surface area contributed by atoms with Crippen LogP contribution in [0.3, 0.4) is 0 Å². The Bertz CT molecular complexity index is 645. The number of nitrogens with zero attached hydrogens (tertiary/aromatic N) is 3. The molecule has 0 aromatic heterocycles. The first kappa shape index (κ1) is 26.4. The van der Waals surface area contributed by atoms with E-state index in [2.05, 4.69) is 58.7 Å². The lowest BCUT2D eigenvalue weighted by Crippen LogP contribution is -2.43. The number of rotatable bonds is 9. The monoisotopic (exact) mass is 543 g/mol. The zero-order valence-electron chi connectivity index (χ0n) is 19.4. The van der Waals surface area contributed by atoms with Crippen LogP contribution in [0.4, 0.5) is 0 Å². The summed E-state index contributed by atoms with van der Waals surface area (Å²) >= 11 is 0. The fraction of sp³-hybridized carbons (Fsp3) is 0.708. The maximum atomic E-state index is 5.48. The number of hydrogen-bond acceptors (Lipinski definition) is 4. The fourth-order valence-corrected chi connectivity index (χ4v) is 4.43. The summed E-state index contributed by atoms with van der Waals surface area (Å²) in [7, 11) is 2.27. The third-order valence-electron chi connectivity index (χ3n) is 6.32. The van der Waals surface area contributed by atoms with Crippen molar-refractivity contribution in [2.75, 3.05) is 53.0 Å². The van der Waals surface area contributed by atoms with Crippen LogP contribution in [0.15, 0.2) is 29.3 Å². The Kier molecular flexibility index (Phi) is 12.8. The minimum absolute atomic E-state index is 0. The molecule has 0 unspecified atom stereocenters. The van der Waals surface area contributed by atoms with Crippen LogP contribution in [-0.4, -0.2) is 74.8 Å². The molecule has 1 aromatic rings. The molecule has 2 fully saturated rings. The second kappa shape index (κ2) is 15.0. The smallest absolute Gasteiger partial charge is 0.191 e. The van der Waals surface area contributed by atoms with Crippen molar-refractivity contribution in [3.63, 3.8) is 0 Å². The molecule has 1 saturated heterocycles. The highest BCUT2D eigenvalue weighted by atomic mass is 127. The van der Waals surface area contributed by atoms with Crippen LogP contribution in [0.25, 0.3) is 0 Å².